The number of aliphatic hydroxyl groups is 1. The highest BCUT2D eigenvalue weighted by atomic mass is 32.2. The molecule has 2 aromatic carbocycles. The number of hydrogen-bond donors (Lipinski definition) is 9. The van der Waals surface area contributed by atoms with Crippen molar-refractivity contribution in [2.75, 3.05) is 31.3 Å². The second-order valence-electron chi connectivity index (χ2n) is 18.8. The Morgan fingerprint density at radius 3 is 2.18 bits per heavy atom. The van der Waals surface area contributed by atoms with Crippen molar-refractivity contribution >= 4 is 78.4 Å². The Hall–Kier alpha value is -4.67. The summed E-state index contributed by atoms with van der Waals surface area (Å²) < 4.78 is 122. The lowest BCUT2D eigenvalue weighted by Crippen LogP contribution is -2.41. The first kappa shape index (κ1) is 60.6. The van der Waals surface area contributed by atoms with Crippen molar-refractivity contribution in [3.63, 3.8) is 0 Å². The van der Waals surface area contributed by atoms with Crippen LogP contribution in [-0.2, 0) is 77.0 Å². The van der Waals surface area contributed by atoms with E-state index in [1.54, 1.807) is 12.1 Å². The van der Waals surface area contributed by atoms with Crippen molar-refractivity contribution in [3.05, 3.63) is 108 Å². The summed E-state index contributed by atoms with van der Waals surface area (Å²) in [6.45, 7) is 7.33. The van der Waals surface area contributed by atoms with Crippen LogP contribution in [0.3, 0.4) is 0 Å². The number of carbonyl (C=O) groups is 3. The van der Waals surface area contributed by atoms with E-state index >= 15 is 0 Å². The van der Waals surface area contributed by atoms with Gasteiger partial charge in [-0.15, -0.1) is 0 Å². The highest BCUT2D eigenvalue weighted by Gasteiger charge is 2.47. The Kier molecular flexibility index (Phi) is 18.6. The van der Waals surface area contributed by atoms with Crippen LogP contribution in [0.1, 0.15) is 77.3 Å². The fourth-order valence-corrected chi connectivity index (χ4v) is 13.2. The van der Waals surface area contributed by atoms with Crippen LogP contribution in [0.4, 0.5) is 11.4 Å². The van der Waals surface area contributed by atoms with Gasteiger partial charge in [0.2, 0.25) is 24.2 Å². The van der Waals surface area contributed by atoms with Crippen molar-refractivity contribution in [1.82, 2.24) is 10.2 Å². The van der Waals surface area contributed by atoms with Gasteiger partial charge in [-0.25, -0.2) is 13.7 Å². The van der Waals surface area contributed by atoms with Crippen LogP contribution in [0.5, 0.6) is 0 Å². The van der Waals surface area contributed by atoms with Gasteiger partial charge < -0.3 is 39.6 Å². The Balaban J connectivity index is 1.03. The molecule has 0 bridgehead atoms. The van der Waals surface area contributed by atoms with E-state index in [-0.39, 0.29) is 47.3 Å². The average molecular weight is 1160 g/mol. The van der Waals surface area contributed by atoms with Gasteiger partial charge in [0.05, 0.1) is 34.3 Å². The fraction of sp³-hybridized carbons (Fsp3) is 0.422. The molecule has 4 aliphatic rings. The second kappa shape index (κ2) is 23.3. The van der Waals surface area contributed by atoms with E-state index in [4.69, 9.17) is 20.3 Å². The Bertz CT molecular complexity index is 3220. The fourth-order valence-electron chi connectivity index (χ4n) is 9.12. The molecule has 0 aliphatic carbocycles. The van der Waals surface area contributed by atoms with Gasteiger partial charge in [0.1, 0.15) is 12.3 Å². The summed E-state index contributed by atoms with van der Waals surface area (Å²) in [6.07, 6.45) is 10.2. The maximum absolute atomic E-state index is 12.8. The lowest BCUT2D eigenvalue weighted by molar-refractivity contribution is -0.436. The summed E-state index contributed by atoms with van der Waals surface area (Å²) in [5, 5.41) is 13.2. The van der Waals surface area contributed by atoms with Crippen LogP contribution in [0.25, 0.3) is 0 Å². The monoisotopic (exact) mass is 1160 g/mol. The molecule has 1 saturated heterocycles. The zero-order chi connectivity index (χ0) is 56.4. The van der Waals surface area contributed by atoms with E-state index in [1.165, 1.54) is 36.4 Å². The molecule has 2 aromatic rings. The summed E-state index contributed by atoms with van der Waals surface area (Å²) in [5.41, 5.74) is 9.20. The molecule has 0 saturated carbocycles. The molecule has 4 aliphatic heterocycles. The lowest BCUT2D eigenvalue weighted by atomic mass is 9.81. The molecule has 0 spiro atoms. The molecule has 1 fully saturated rings. The smallest absolute Gasteiger partial charge is 0.390 e. The van der Waals surface area contributed by atoms with Crippen molar-refractivity contribution in [1.29, 1.82) is 0 Å². The Labute approximate surface area is 437 Å². The number of ether oxygens (including phenoxy) is 1. The third kappa shape index (κ3) is 14.7. The number of nitrogens with zero attached hydrogens (tertiary/aromatic N) is 3. The van der Waals surface area contributed by atoms with Gasteiger partial charge >= 0.3 is 23.5 Å². The number of benzene rings is 2. The van der Waals surface area contributed by atoms with Crippen molar-refractivity contribution in [3.8, 4) is 0 Å². The maximum Gasteiger partial charge on any atom is 0.490 e. The molecule has 3 unspecified atom stereocenters. The molecule has 0 aromatic heterocycles. The topological polar surface area (TPSA) is 397 Å². The Morgan fingerprint density at radius 1 is 0.882 bits per heavy atom. The molecule has 0 radical (unpaired) electrons. The average Bonchev–Trinajstić information content (AvgIpc) is 3.84. The number of carbonyl (C=O) groups excluding carboxylic acids is 3. The molecule has 4 heterocycles. The number of fused-ring (bicyclic) bond motifs is 2. The summed E-state index contributed by atoms with van der Waals surface area (Å²) >= 11 is 0. The van der Waals surface area contributed by atoms with Gasteiger partial charge in [-0.05, 0) is 68.7 Å². The number of Topliss-reactive ketones (excluding diaryl/α,β-unsaturated/α-hetero) is 1. The van der Waals surface area contributed by atoms with Gasteiger partial charge in [-0.1, -0.05) is 50.6 Å². The van der Waals surface area contributed by atoms with E-state index in [9.17, 15) is 68.9 Å². The van der Waals surface area contributed by atoms with E-state index in [0.29, 0.717) is 42.6 Å². The van der Waals surface area contributed by atoms with Crippen molar-refractivity contribution in [2.24, 2.45) is 5.73 Å². The maximum atomic E-state index is 12.8. The quantitative estimate of drug-likeness (QED) is 0.0189. The van der Waals surface area contributed by atoms with Crippen LogP contribution >= 0.6 is 23.5 Å². The van der Waals surface area contributed by atoms with Crippen LogP contribution in [0, 0.1) is 0 Å². The highest BCUT2D eigenvalue weighted by Crippen LogP contribution is 2.66. The number of ketones is 1. The number of amides is 2. The van der Waals surface area contributed by atoms with Crippen LogP contribution in [-0.4, -0.2) is 128 Å². The number of aliphatic hydroxyl groups excluding tert-OH is 1. The molecule has 31 heteroatoms. The molecule has 2 amide bonds. The molecule has 5 atom stereocenters. The molecule has 26 nitrogen and oxygen atoms in total. The number of allylic oxidation sites excluding steroid dienone is 8. The number of phosphoric acid groups is 3. The molecule has 10 N–H and O–H groups in total. The molecule has 6 rings (SSSR count). The second-order valence-corrected chi connectivity index (χ2v) is 26.1. The molecular formula is C45H59N5O21P3S2+. The van der Waals surface area contributed by atoms with Gasteiger partial charge in [0, 0.05) is 72.2 Å². The predicted molar refractivity (Wildman–Crippen MR) is 271 cm³/mol. The molecule has 76 heavy (non-hydrogen) atoms. The third-order valence-corrected chi connectivity index (χ3v) is 18.3. The number of nitrogens with one attached hydrogen (secondary N) is 1. The SMILES string of the molecule is CC1(C)C(/C=C/C=C/C=C2/N(CCCCCC(=O)NC/C=C/C3=CN([C@H]4CC(O)[C@@H](COP(=O)(O)OP(=O)(O)OP(=O)(O)O)O4)C(=O)CC3=O)c3ccc(S(=O)(=O)O)cc3C2(C)C)=[N+](CN)c2ccc(S(=O)(=O)O)cc21. The largest absolute Gasteiger partial charge is 0.490 e. The number of phosphoric ester groups is 1. The summed E-state index contributed by atoms with van der Waals surface area (Å²) in [4.78, 5) is 77.4. The van der Waals surface area contributed by atoms with E-state index in [1.807, 2.05) is 62.7 Å². The first-order valence-corrected chi connectivity index (χ1v) is 30.6. The normalized spacial score (nSPS) is 23.0. The number of nitrogens with two attached hydrogens (primary N) is 1. The van der Waals surface area contributed by atoms with Gasteiger partial charge in [0.25, 0.3) is 20.2 Å². The van der Waals surface area contributed by atoms with Crippen molar-refractivity contribution < 1.29 is 101 Å². The van der Waals surface area contributed by atoms with Crippen LogP contribution in [0.15, 0.2) is 106 Å². The molecule has 416 valence electrons. The zero-order valence-corrected chi connectivity index (χ0v) is 45.6. The lowest BCUT2D eigenvalue weighted by Gasteiger charge is -2.28. The molecular weight excluding hydrogens is 1100 g/mol. The zero-order valence-electron chi connectivity index (χ0n) is 41.3. The first-order chi connectivity index (χ1) is 35.1. The van der Waals surface area contributed by atoms with Crippen molar-refractivity contribution in [2.45, 2.75) is 105 Å². The van der Waals surface area contributed by atoms with Gasteiger partial charge in [0.15, 0.2) is 11.5 Å². The van der Waals surface area contributed by atoms with E-state index in [2.05, 4.69) is 23.4 Å². The highest BCUT2D eigenvalue weighted by molar-refractivity contribution is 7.86. The number of anilines is 1. The summed E-state index contributed by atoms with van der Waals surface area (Å²) in [5.74, 6) is -1.55. The third-order valence-electron chi connectivity index (χ3n) is 12.8. The first-order valence-electron chi connectivity index (χ1n) is 23.2. The minimum atomic E-state index is -5.80. The standard InChI is InChI=1S/C45H58N5O21P3S2/c1-44(2)32-22-30(75(62,63)64)16-18-34(32)48(39(44)13-7-5-8-14-40-45(3,4)33-23-31(76(65,66)67)17-19-35(33)50(40)28-46)21-10-6-9-15-41(53)47-20-11-12-29-26-49(42(54)24-36(29)51)43-25-37(52)38(69-43)27-68-73(58,59)71-74(60,61)70-72(55,56)57/h5,7-8,11-14,16-19,22-23,26,37-38,43,52H,6,9-10,15,20-21,24-25,27-28,46H2,1-4H3,(H6-,47,53,55,56,57,58,59,60,61,62,63,64,65,66,67)/p+1/b12-11+/t37?,38-,43-/m1/s1. The minimum absolute atomic E-state index is 0.00862. The van der Waals surface area contributed by atoms with Crippen LogP contribution < -0.4 is 16.0 Å². The van der Waals surface area contributed by atoms with Gasteiger partial charge in [-0.3, -0.25) is 38.6 Å². The summed E-state index contributed by atoms with van der Waals surface area (Å²) in [7, 11) is -25.9. The predicted octanol–water partition coefficient (Wildman–Crippen LogP) is 4.00. The Morgan fingerprint density at radius 2 is 1.54 bits per heavy atom. The van der Waals surface area contributed by atoms with Crippen LogP contribution in [0.2, 0.25) is 0 Å². The number of unbranched alkanes of at least 4 members (excludes halogenated alkanes) is 2. The van der Waals surface area contributed by atoms with E-state index in [0.717, 1.165) is 28.2 Å². The number of hydrogen-bond acceptors (Lipinski definition) is 17. The summed E-state index contributed by atoms with van der Waals surface area (Å²) in [6, 6.07) is 8.78. The number of rotatable bonds is 23. The van der Waals surface area contributed by atoms with Gasteiger partial charge in [-0.2, -0.15) is 30.0 Å². The van der Waals surface area contributed by atoms with E-state index < -0.39 is 97.7 Å². The minimum Gasteiger partial charge on any atom is -0.390 e.